The highest BCUT2D eigenvalue weighted by molar-refractivity contribution is 7.89. The summed E-state index contributed by atoms with van der Waals surface area (Å²) >= 11 is 0. The summed E-state index contributed by atoms with van der Waals surface area (Å²) in [6.07, 6.45) is 6.29. The highest BCUT2D eigenvalue weighted by atomic mass is 32.2. The van der Waals surface area contributed by atoms with Gasteiger partial charge in [0.05, 0.1) is 4.90 Å². The molecule has 4 rings (SSSR count). The molecule has 6 nitrogen and oxygen atoms in total. The van der Waals surface area contributed by atoms with Gasteiger partial charge < -0.3 is 10.6 Å². The van der Waals surface area contributed by atoms with Crippen molar-refractivity contribution in [1.82, 2.24) is 9.62 Å². The molecule has 2 aromatic rings. The van der Waals surface area contributed by atoms with Crippen molar-refractivity contribution in [2.45, 2.75) is 56.0 Å². The lowest BCUT2D eigenvalue weighted by Gasteiger charge is -2.28. The molecule has 1 heterocycles. The molecule has 0 bridgehead atoms. The molecule has 2 aliphatic rings. The highest BCUT2D eigenvalue weighted by Crippen LogP contribution is 2.27. The third-order valence-electron chi connectivity index (χ3n) is 5.76. The van der Waals surface area contributed by atoms with Crippen LogP contribution in [0.5, 0.6) is 0 Å². The summed E-state index contributed by atoms with van der Waals surface area (Å²) in [6, 6.07) is 14.3. The van der Waals surface area contributed by atoms with Gasteiger partial charge in [-0.15, -0.1) is 0 Å². The Morgan fingerprint density at radius 1 is 0.966 bits per heavy atom. The molecule has 2 amide bonds. The summed E-state index contributed by atoms with van der Waals surface area (Å²) < 4.78 is 27.4. The first-order valence-electron chi connectivity index (χ1n) is 10.3. The number of fused-ring (bicyclic) bond motifs is 1. The van der Waals surface area contributed by atoms with E-state index in [1.165, 1.54) is 10.7 Å². The van der Waals surface area contributed by atoms with Gasteiger partial charge in [-0.05, 0) is 54.7 Å². The molecule has 0 saturated heterocycles. The molecule has 1 saturated carbocycles. The lowest BCUT2D eigenvalue weighted by atomic mass is 9.96. The first-order valence-corrected chi connectivity index (χ1v) is 11.7. The van der Waals surface area contributed by atoms with E-state index in [0.717, 1.165) is 36.8 Å². The molecule has 1 aliphatic heterocycles. The van der Waals surface area contributed by atoms with Crippen LogP contribution in [0.1, 0.15) is 43.2 Å². The fourth-order valence-corrected chi connectivity index (χ4v) is 5.60. The normalized spacial score (nSPS) is 18.1. The van der Waals surface area contributed by atoms with Crippen molar-refractivity contribution in [2.24, 2.45) is 0 Å². The number of benzene rings is 2. The Labute approximate surface area is 172 Å². The van der Waals surface area contributed by atoms with Crippen LogP contribution in [0.15, 0.2) is 53.4 Å². The maximum Gasteiger partial charge on any atom is 0.319 e. The molecule has 2 aromatic carbocycles. The van der Waals surface area contributed by atoms with Crippen LogP contribution in [0.25, 0.3) is 0 Å². The Morgan fingerprint density at radius 3 is 2.48 bits per heavy atom. The number of nitrogens with one attached hydrogen (secondary N) is 2. The maximum absolute atomic E-state index is 12.9. The highest BCUT2D eigenvalue weighted by Gasteiger charge is 2.28. The molecule has 7 heteroatoms. The lowest BCUT2D eigenvalue weighted by Crippen LogP contribution is -2.39. The van der Waals surface area contributed by atoms with Gasteiger partial charge in [0.25, 0.3) is 0 Å². The molecule has 29 heavy (non-hydrogen) atoms. The summed E-state index contributed by atoms with van der Waals surface area (Å²) in [5.41, 5.74) is 2.75. The van der Waals surface area contributed by atoms with Crippen LogP contribution in [0.4, 0.5) is 10.5 Å². The molecule has 0 radical (unpaired) electrons. The largest absolute Gasteiger partial charge is 0.335 e. The monoisotopic (exact) mass is 413 g/mol. The van der Waals surface area contributed by atoms with Gasteiger partial charge in [0.1, 0.15) is 0 Å². The van der Waals surface area contributed by atoms with E-state index in [1.54, 1.807) is 30.3 Å². The Hall–Kier alpha value is -2.38. The van der Waals surface area contributed by atoms with Gasteiger partial charge in [0, 0.05) is 24.8 Å². The lowest BCUT2D eigenvalue weighted by molar-refractivity contribution is 0.244. The average molecular weight is 414 g/mol. The first kappa shape index (κ1) is 19.9. The molecule has 0 unspecified atom stereocenters. The van der Waals surface area contributed by atoms with Crippen LogP contribution in [0.2, 0.25) is 0 Å². The maximum atomic E-state index is 12.9. The van der Waals surface area contributed by atoms with Crippen LogP contribution < -0.4 is 10.6 Å². The van der Waals surface area contributed by atoms with Crippen molar-refractivity contribution >= 4 is 21.7 Å². The molecule has 154 valence electrons. The van der Waals surface area contributed by atoms with E-state index in [4.69, 9.17) is 0 Å². The quantitative estimate of drug-likeness (QED) is 0.798. The summed E-state index contributed by atoms with van der Waals surface area (Å²) in [5, 5.41) is 5.95. The number of urea groups is 1. The second kappa shape index (κ2) is 8.55. The van der Waals surface area contributed by atoms with E-state index in [1.807, 2.05) is 18.2 Å². The Morgan fingerprint density at radius 2 is 1.72 bits per heavy atom. The van der Waals surface area contributed by atoms with Crippen LogP contribution in [-0.2, 0) is 23.0 Å². The van der Waals surface area contributed by atoms with E-state index >= 15 is 0 Å². The second-order valence-corrected chi connectivity index (χ2v) is 9.76. The zero-order valence-corrected chi connectivity index (χ0v) is 17.2. The van der Waals surface area contributed by atoms with Gasteiger partial charge in [-0.1, -0.05) is 43.5 Å². The number of hydrogen-bond acceptors (Lipinski definition) is 3. The number of anilines is 1. The number of rotatable bonds is 4. The molecule has 0 atom stereocenters. The molecule has 2 N–H and O–H groups in total. The number of carbonyl (C=O) groups excluding carboxylic acids is 1. The van der Waals surface area contributed by atoms with E-state index in [-0.39, 0.29) is 12.1 Å². The topological polar surface area (TPSA) is 78.5 Å². The predicted molar refractivity (Wildman–Crippen MR) is 113 cm³/mol. The third-order valence-corrected chi connectivity index (χ3v) is 7.62. The summed E-state index contributed by atoms with van der Waals surface area (Å²) in [4.78, 5) is 12.6. The van der Waals surface area contributed by atoms with Crippen molar-refractivity contribution in [3.8, 4) is 0 Å². The summed E-state index contributed by atoms with van der Waals surface area (Å²) in [5.74, 6) is 0. The molecular formula is C22H27N3O3S. The van der Waals surface area contributed by atoms with Crippen molar-refractivity contribution in [3.63, 3.8) is 0 Å². The minimum atomic E-state index is -3.53. The fraction of sp³-hybridized carbons (Fsp3) is 0.409. The Balaban J connectivity index is 1.45. The second-order valence-electron chi connectivity index (χ2n) is 7.82. The third kappa shape index (κ3) is 4.62. The first-order chi connectivity index (χ1) is 14.0. The SMILES string of the molecule is O=C(Nc1ccc2c(c1)CN(S(=O)(=O)c1ccccc1)CC2)NC1CCCCC1. The number of sulfonamides is 1. The van der Waals surface area contributed by atoms with Gasteiger partial charge in [0.15, 0.2) is 0 Å². The average Bonchev–Trinajstić information content (AvgIpc) is 2.74. The standard InChI is InChI=1S/C22H27N3O3S/c26-22(23-19-7-3-1-4-8-19)24-20-12-11-17-13-14-25(16-18(17)15-20)29(27,28)21-9-5-2-6-10-21/h2,5-6,9-12,15,19H,1,3-4,7-8,13-14,16H2,(H2,23,24,26). The molecular weight excluding hydrogens is 386 g/mol. The van der Waals surface area contributed by atoms with Gasteiger partial charge >= 0.3 is 6.03 Å². The smallest absolute Gasteiger partial charge is 0.319 e. The summed E-state index contributed by atoms with van der Waals surface area (Å²) in [7, 11) is -3.53. The number of carbonyl (C=O) groups is 1. The molecule has 1 aliphatic carbocycles. The van der Waals surface area contributed by atoms with Gasteiger partial charge in [0.2, 0.25) is 10.0 Å². The number of nitrogens with zero attached hydrogens (tertiary/aromatic N) is 1. The van der Waals surface area contributed by atoms with Crippen LogP contribution in [-0.4, -0.2) is 31.3 Å². The molecule has 1 fully saturated rings. The van der Waals surface area contributed by atoms with Crippen LogP contribution in [0, 0.1) is 0 Å². The van der Waals surface area contributed by atoms with Crippen molar-refractivity contribution in [2.75, 3.05) is 11.9 Å². The minimum absolute atomic E-state index is 0.193. The van der Waals surface area contributed by atoms with Crippen LogP contribution in [0.3, 0.4) is 0 Å². The van der Waals surface area contributed by atoms with E-state index in [9.17, 15) is 13.2 Å². The van der Waals surface area contributed by atoms with Crippen molar-refractivity contribution < 1.29 is 13.2 Å². The zero-order valence-electron chi connectivity index (χ0n) is 16.4. The van der Waals surface area contributed by atoms with Gasteiger partial charge in [-0.2, -0.15) is 4.31 Å². The number of amides is 2. The molecule has 0 aromatic heterocycles. The number of hydrogen-bond donors (Lipinski definition) is 2. The van der Waals surface area contributed by atoms with Gasteiger partial charge in [-0.3, -0.25) is 0 Å². The van der Waals surface area contributed by atoms with Crippen LogP contribution >= 0.6 is 0 Å². The van der Waals surface area contributed by atoms with E-state index < -0.39 is 10.0 Å². The Kier molecular flexibility index (Phi) is 5.87. The van der Waals surface area contributed by atoms with E-state index in [2.05, 4.69) is 10.6 Å². The summed E-state index contributed by atoms with van der Waals surface area (Å²) in [6.45, 7) is 0.769. The van der Waals surface area contributed by atoms with Crippen molar-refractivity contribution in [1.29, 1.82) is 0 Å². The van der Waals surface area contributed by atoms with Crippen molar-refractivity contribution in [3.05, 3.63) is 59.7 Å². The minimum Gasteiger partial charge on any atom is -0.335 e. The zero-order chi connectivity index (χ0) is 20.3. The van der Waals surface area contributed by atoms with E-state index in [0.29, 0.717) is 30.1 Å². The Bertz CT molecular complexity index is 970. The predicted octanol–water partition coefficient (Wildman–Crippen LogP) is 3.89. The molecule has 0 spiro atoms. The fourth-order valence-electron chi connectivity index (χ4n) is 4.16. The van der Waals surface area contributed by atoms with Gasteiger partial charge in [-0.25, -0.2) is 13.2 Å².